The van der Waals surface area contributed by atoms with Gasteiger partial charge in [0.1, 0.15) is 5.76 Å². The Morgan fingerprint density at radius 2 is 1.89 bits per heavy atom. The van der Waals surface area contributed by atoms with Gasteiger partial charge in [0.05, 0.1) is 0 Å². The van der Waals surface area contributed by atoms with Crippen LogP contribution in [0.2, 0.25) is 0 Å². The van der Waals surface area contributed by atoms with Gasteiger partial charge in [-0.15, -0.1) is 0 Å². The Bertz CT molecular complexity index is 850. The molecule has 142 valence electrons. The van der Waals surface area contributed by atoms with Gasteiger partial charge in [0.15, 0.2) is 5.76 Å². The number of hydrogen-bond donors (Lipinski definition) is 2. The molecule has 0 saturated carbocycles. The number of piperidine rings is 3. The average Bonchev–Trinajstić information content (AvgIpc) is 3.21. The molecule has 6 nitrogen and oxygen atoms in total. The molecule has 2 aromatic rings. The second-order valence-electron chi connectivity index (χ2n) is 7.44. The third kappa shape index (κ3) is 3.37. The SMILES string of the molecule is CNC(=O)c1cccc(-c2ccc(C(=O)N[C@@H]3C4CCN(CC4)[C@@H]3C)o2)c1. The van der Waals surface area contributed by atoms with Crippen molar-refractivity contribution >= 4 is 11.8 Å². The molecule has 2 amide bonds. The van der Waals surface area contributed by atoms with Crippen molar-refractivity contribution in [2.24, 2.45) is 5.92 Å². The lowest BCUT2D eigenvalue weighted by atomic mass is 9.79. The van der Waals surface area contributed by atoms with E-state index in [4.69, 9.17) is 4.42 Å². The van der Waals surface area contributed by atoms with Gasteiger partial charge in [0, 0.05) is 30.3 Å². The average molecular weight is 367 g/mol. The van der Waals surface area contributed by atoms with Crippen molar-refractivity contribution < 1.29 is 14.0 Å². The van der Waals surface area contributed by atoms with Gasteiger partial charge in [-0.2, -0.15) is 0 Å². The van der Waals surface area contributed by atoms with Crippen molar-refractivity contribution in [1.82, 2.24) is 15.5 Å². The molecule has 3 saturated heterocycles. The molecule has 1 aromatic heterocycles. The van der Waals surface area contributed by atoms with Crippen LogP contribution in [0, 0.1) is 5.92 Å². The van der Waals surface area contributed by atoms with E-state index >= 15 is 0 Å². The molecule has 2 atom stereocenters. The highest BCUT2D eigenvalue weighted by Crippen LogP contribution is 2.32. The molecule has 5 rings (SSSR count). The summed E-state index contributed by atoms with van der Waals surface area (Å²) in [6.45, 7) is 4.45. The van der Waals surface area contributed by atoms with Gasteiger partial charge in [-0.25, -0.2) is 0 Å². The summed E-state index contributed by atoms with van der Waals surface area (Å²) in [6.07, 6.45) is 2.29. The van der Waals surface area contributed by atoms with E-state index in [9.17, 15) is 9.59 Å². The highest BCUT2D eigenvalue weighted by atomic mass is 16.3. The summed E-state index contributed by atoms with van der Waals surface area (Å²) >= 11 is 0. The molecule has 0 aliphatic carbocycles. The molecule has 3 aliphatic rings. The number of nitrogens with one attached hydrogen (secondary N) is 2. The number of rotatable bonds is 4. The van der Waals surface area contributed by atoms with Crippen molar-refractivity contribution in [2.45, 2.75) is 31.8 Å². The van der Waals surface area contributed by atoms with E-state index in [0.717, 1.165) is 31.5 Å². The van der Waals surface area contributed by atoms with E-state index < -0.39 is 0 Å². The van der Waals surface area contributed by atoms with E-state index in [1.807, 2.05) is 6.07 Å². The van der Waals surface area contributed by atoms with Gasteiger partial charge < -0.3 is 15.1 Å². The van der Waals surface area contributed by atoms with Crippen molar-refractivity contribution in [3.63, 3.8) is 0 Å². The monoisotopic (exact) mass is 367 g/mol. The maximum absolute atomic E-state index is 12.7. The minimum absolute atomic E-state index is 0.155. The molecule has 4 heterocycles. The largest absolute Gasteiger partial charge is 0.451 e. The number of nitrogens with zero attached hydrogens (tertiary/aromatic N) is 1. The molecule has 6 heteroatoms. The summed E-state index contributed by atoms with van der Waals surface area (Å²) in [6, 6.07) is 11.2. The smallest absolute Gasteiger partial charge is 0.287 e. The Morgan fingerprint density at radius 3 is 2.59 bits per heavy atom. The summed E-state index contributed by atoms with van der Waals surface area (Å²) in [7, 11) is 1.60. The van der Waals surface area contributed by atoms with Gasteiger partial charge in [-0.05, 0) is 63.0 Å². The highest BCUT2D eigenvalue weighted by Gasteiger charge is 2.40. The Kier molecular flexibility index (Phi) is 4.74. The summed E-state index contributed by atoms with van der Waals surface area (Å²) < 4.78 is 5.80. The predicted octanol–water partition coefficient (Wildman–Crippen LogP) is 2.52. The lowest BCUT2D eigenvalue weighted by Gasteiger charge is -2.49. The van der Waals surface area contributed by atoms with E-state index in [1.54, 1.807) is 37.4 Å². The van der Waals surface area contributed by atoms with Crippen LogP contribution in [-0.4, -0.2) is 48.9 Å². The van der Waals surface area contributed by atoms with Gasteiger partial charge in [0.25, 0.3) is 11.8 Å². The van der Waals surface area contributed by atoms with E-state index in [1.165, 1.54) is 0 Å². The third-order valence-corrected chi connectivity index (χ3v) is 5.94. The maximum Gasteiger partial charge on any atom is 0.287 e. The maximum atomic E-state index is 12.7. The Labute approximate surface area is 158 Å². The zero-order valence-electron chi connectivity index (χ0n) is 15.7. The van der Waals surface area contributed by atoms with Crippen LogP contribution in [0.4, 0.5) is 0 Å². The molecular formula is C21H25N3O3. The first-order valence-corrected chi connectivity index (χ1v) is 9.54. The normalized spacial score (nSPS) is 26.6. The summed E-state index contributed by atoms with van der Waals surface area (Å²) in [4.78, 5) is 27.0. The number of hydrogen-bond acceptors (Lipinski definition) is 4. The van der Waals surface area contributed by atoms with Gasteiger partial charge >= 0.3 is 0 Å². The topological polar surface area (TPSA) is 74.6 Å². The summed E-state index contributed by atoms with van der Waals surface area (Å²) in [5.74, 6) is 1.10. The van der Waals surface area contributed by atoms with Crippen LogP contribution < -0.4 is 10.6 Å². The summed E-state index contributed by atoms with van der Waals surface area (Å²) in [5, 5.41) is 5.79. The zero-order valence-corrected chi connectivity index (χ0v) is 15.7. The second-order valence-corrected chi connectivity index (χ2v) is 7.44. The van der Waals surface area contributed by atoms with Crippen molar-refractivity contribution in [2.75, 3.05) is 20.1 Å². The molecular weight excluding hydrogens is 342 g/mol. The minimum Gasteiger partial charge on any atom is -0.451 e. The molecule has 2 N–H and O–H groups in total. The fourth-order valence-corrected chi connectivity index (χ4v) is 4.34. The first-order chi connectivity index (χ1) is 13.1. The molecule has 2 bridgehead atoms. The van der Waals surface area contributed by atoms with Crippen LogP contribution in [0.3, 0.4) is 0 Å². The molecule has 3 fully saturated rings. The number of benzene rings is 1. The Hall–Kier alpha value is -2.60. The lowest BCUT2D eigenvalue weighted by molar-refractivity contribution is 0.0211. The van der Waals surface area contributed by atoms with E-state index in [2.05, 4.69) is 22.5 Å². The predicted molar refractivity (Wildman–Crippen MR) is 103 cm³/mol. The fraction of sp³-hybridized carbons (Fsp3) is 0.429. The van der Waals surface area contributed by atoms with Gasteiger partial charge in [-0.3, -0.25) is 14.5 Å². The molecule has 27 heavy (non-hydrogen) atoms. The van der Waals surface area contributed by atoms with Crippen LogP contribution in [-0.2, 0) is 0 Å². The van der Waals surface area contributed by atoms with Crippen LogP contribution in [0.5, 0.6) is 0 Å². The number of carbonyl (C=O) groups is 2. The zero-order chi connectivity index (χ0) is 19.0. The Balaban J connectivity index is 1.49. The number of amides is 2. The van der Waals surface area contributed by atoms with E-state index in [0.29, 0.717) is 29.0 Å². The summed E-state index contributed by atoms with van der Waals surface area (Å²) in [5.41, 5.74) is 1.32. The standard InChI is InChI=1S/C21H25N3O3/c1-13-19(14-8-10-24(13)11-9-14)23-21(26)18-7-6-17(27-18)15-4-3-5-16(12-15)20(25)22-2/h3-7,12-14,19H,8-11H2,1-2H3,(H,22,25)(H,23,26)/t13-,19+/m1/s1. The van der Waals surface area contributed by atoms with Gasteiger partial charge in [-0.1, -0.05) is 12.1 Å². The van der Waals surface area contributed by atoms with Crippen LogP contribution in [0.25, 0.3) is 11.3 Å². The Morgan fingerprint density at radius 1 is 1.11 bits per heavy atom. The quantitative estimate of drug-likeness (QED) is 0.871. The second kappa shape index (κ2) is 7.19. The highest BCUT2D eigenvalue weighted by molar-refractivity contribution is 5.95. The molecule has 1 aromatic carbocycles. The van der Waals surface area contributed by atoms with Crippen LogP contribution in [0.15, 0.2) is 40.8 Å². The third-order valence-electron chi connectivity index (χ3n) is 5.94. The van der Waals surface area contributed by atoms with Gasteiger partial charge in [0.2, 0.25) is 0 Å². The number of furan rings is 1. The molecule has 0 unspecified atom stereocenters. The first kappa shape index (κ1) is 17.8. The molecule has 0 radical (unpaired) electrons. The lowest BCUT2D eigenvalue weighted by Crippen LogP contribution is -2.62. The van der Waals surface area contributed by atoms with Crippen LogP contribution >= 0.6 is 0 Å². The van der Waals surface area contributed by atoms with E-state index in [-0.39, 0.29) is 17.9 Å². The number of carbonyl (C=O) groups excluding carboxylic acids is 2. The first-order valence-electron chi connectivity index (χ1n) is 9.54. The molecule has 3 aliphatic heterocycles. The van der Waals surface area contributed by atoms with Crippen molar-refractivity contribution in [3.8, 4) is 11.3 Å². The van der Waals surface area contributed by atoms with Crippen molar-refractivity contribution in [1.29, 1.82) is 0 Å². The van der Waals surface area contributed by atoms with Crippen molar-refractivity contribution in [3.05, 3.63) is 47.7 Å². The minimum atomic E-state index is -0.172. The fourth-order valence-electron chi connectivity index (χ4n) is 4.34. The van der Waals surface area contributed by atoms with Crippen LogP contribution in [0.1, 0.15) is 40.7 Å². The molecule has 0 spiro atoms. The number of fused-ring (bicyclic) bond motifs is 3.